The Kier molecular flexibility index (Phi) is 9.13. The van der Waals surface area contributed by atoms with Crippen molar-refractivity contribution < 1.29 is 9.90 Å². The van der Waals surface area contributed by atoms with Gasteiger partial charge >= 0.3 is 5.97 Å². The molecule has 0 spiro atoms. The van der Waals surface area contributed by atoms with Crippen LogP contribution in [0, 0.1) is 23.7 Å². The molecule has 0 aliphatic heterocycles. The van der Waals surface area contributed by atoms with Crippen molar-refractivity contribution in [3.63, 3.8) is 0 Å². The van der Waals surface area contributed by atoms with Gasteiger partial charge in [-0.05, 0) is 42.9 Å². The number of hydrogen-bond donors (Lipinski definition) is 1. The molecule has 0 aromatic heterocycles. The quantitative estimate of drug-likeness (QED) is 0.599. The summed E-state index contributed by atoms with van der Waals surface area (Å²) in [7, 11) is 0. The van der Waals surface area contributed by atoms with E-state index in [4.69, 9.17) is 5.11 Å². The molecule has 3 unspecified atom stereocenters. The zero-order chi connectivity index (χ0) is 14.1. The van der Waals surface area contributed by atoms with Crippen molar-refractivity contribution in [3.05, 3.63) is 0 Å². The molecule has 2 nitrogen and oxygen atoms in total. The van der Waals surface area contributed by atoms with E-state index >= 15 is 0 Å². The minimum Gasteiger partial charge on any atom is -0.481 e. The van der Waals surface area contributed by atoms with Crippen molar-refractivity contribution >= 4 is 5.97 Å². The van der Waals surface area contributed by atoms with Crippen LogP contribution in [0.1, 0.15) is 73.1 Å². The fourth-order valence-electron chi connectivity index (χ4n) is 2.97. The normalized spacial score (nSPS) is 16.6. The number of aliphatic carboxylic acids is 1. The summed E-state index contributed by atoms with van der Waals surface area (Å²) >= 11 is 0. The highest BCUT2D eigenvalue weighted by Crippen LogP contribution is 2.30. The van der Waals surface area contributed by atoms with Crippen molar-refractivity contribution in [1.82, 2.24) is 0 Å². The van der Waals surface area contributed by atoms with Crippen LogP contribution in [0.5, 0.6) is 0 Å². The van der Waals surface area contributed by atoms with Crippen molar-refractivity contribution in [3.8, 4) is 0 Å². The largest absolute Gasteiger partial charge is 0.481 e. The maximum Gasteiger partial charge on any atom is 0.303 e. The Hall–Kier alpha value is -0.530. The molecule has 3 atom stereocenters. The summed E-state index contributed by atoms with van der Waals surface area (Å²) < 4.78 is 0. The zero-order valence-corrected chi connectivity index (χ0v) is 12.9. The topological polar surface area (TPSA) is 37.3 Å². The van der Waals surface area contributed by atoms with Crippen molar-refractivity contribution in [2.24, 2.45) is 23.7 Å². The molecule has 108 valence electrons. The van der Waals surface area contributed by atoms with E-state index in [1.165, 1.54) is 19.3 Å². The van der Waals surface area contributed by atoms with Gasteiger partial charge in [-0.3, -0.25) is 4.79 Å². The summed E-state index contributed by atoms with van der Waals surface area (Å²) in [6.45, 7) is 11.5. The van der Waals surface area contributed by atoms with E-state index in [2.05, 4.69) is 34.6 Å². The summed E-state index contributed by atoms with van der Waals surface area (Å²) in [6.07, 6.45) is 6.01. The molecule has 18 heavy (non-hydrogen) atoms. The molecular formula is C16H32O2. The molecule has 0 aliphatic carbocycles. The van der Waals surface area contributed by atoms with E-state index in [-0.39, 0.29) is 0 Å². The van der Waals surface area contributed by atoms with Gasteiger partial charge in [0.2, 0.25) is 0 Å². The molecule has 0 aliphatic rings. The zero-order valence-electron chi connectivity index (χ0n) is 12.9. The molecule has 0 heterocycles. The average Bonchev–Trinajstić information content (AvgIpc) is 2.24. The highest BCUT2D eigenvalue weighted by Gasteiger charge is 2.19. The SMILES string of the molecule is CCC(CC(C)CCCC(=O)O)C(C)CC(C)C. The van der Waals surface area contributed by atoms with E-state index in [0.29, 0.717) is 12.3 Å². The van der Waals surface area contributed by atoms with Crippen molar-refractivity contribution in [2.75, 3.05) is 0 Å². The van der Waals surface area contributed by atoms with E-state index in [1.54, 1.807) is 0 Å². The third-order valence-corrected chi connectivity index (χ3v) is 3.96. The molecule has 1 N–H and O–H groups in total. The summed E-state index contributed by atoms with van der Waals surface area (Å²) in [5.74, 6) is 2.35. The van der Waals surface area contributed by atoms with Crippen LogP contribution < -0.4 is 0 Å². The average molecular weight is 256 g/mol. The summed E-state index contributed by atoms with van der Waals surface area (Å²) in [6, 6.07) is 0. The second-order valence-corrected chi connectivity index (χ2v) is 6.40. The van der Waals surface area contributed by atoms with E-state index in [9.17, 15) is 4.79 Å². The second-order valence-electron chi connectivity index (χ2n) is 6.40. The van der Waals surface area contributed by atoms with Gasteiger partial charge in [-0.1, -0.05) is 47.5 Å². The van der Waals surface area contributed by atoms with Crippen molar-refractivity contribution in [2.45, 2.75) is 73.1 Å². The Bertz CT molecular complexity index is 223. The molecule has 0 radical (unpaired) electrons. The molecule has 0 fully saturated rings. The summed E-state index contributed by atoms with van der Waals surface area (Å²) in [5, 5.41) is 8.64. The lowest BCUT2D eigenvalue weighted by molar-refractivity contribution is -0.137. The smallest absolute Gasteiger partial charge is 0.303 e. The van der Waals surface area contributed by atoms with Crippen LogP contribution in [0.15, 0.2) is 0 Å². The molecule has 0 aromatic rings. The highest BCUT2D eigenvalue weighted by molar-refractivity contribution is 5.66. The first-order valence-electron chi connectivity index (χ1n) is 7.58. The second kappa shape index (κ2) is 9.41. The Morgan fingerprint density at radius 3 is 2.17 bits per heavy atom. The lowest BCUT2D eigenvalue weighted by Crippen LogP contribution is -2.16. The van der Waals surface area contributed by atoms with Gasteiger partial charge in [-0.2, -0.15) is 0 Å². The van der Waals surface area contributed by atoms with E-state index in [0.717, 1.165) is 30.6 Å². The molecule has 2 heteroatoms. The molecule has 0 saturated carbocycles. The molecular weight excluding hydrogens is 224 g/mol. The summed E-state index contributed by atoms with van der Waals surface area (Å²) in [5.41, 5.74) is 0. The van der Waals surface area contributed by atoms with Gasteiger partial charge < -0.3 is 5.11 Å². The molecule has 0 aromatic carbocycles. The minimum atomic E-state index is -0.664. The number of carbonyl (C=O) groups is 1. The number of rotatable bonds is 10. The third kappa shape index (κ3) is 8.54. The maximum atomic E-state index is 10.5. The van der Waals surface area contributed by atoms with E-state index in [1.807, 2.05) is 0 Å². The van der Waals surface area contributed by atoms with Crippen LogP contribution in [0.25, 0.3) is 0 Å². The Morgan fingerprint density at radius 2 is 1.72 bits per heavy atom. The third-order valence-electron chi connectivity index (χ3n) is 3.96. The van der Waals surface area contributed by atoms with Crippen LogP contribution in [-0.4, -0.2) is 11.1 Å². The van der Waals surface area contributed by atoms with E-state index < -0.39 is 5.97 Å². The van der Waals surface area contributed by atoms with Crippen LogP contribution in [-0.2, 0) is 4.79 Å². The standard InChI is InChI=1S/C16H32O2/c1-6-15(14(5)10-12(2)3)11-13(4)8-7-9-16(17)18/h12-15H,6-11H2,1-5H3,(H,17,18). The molecule has 0 bridgehead atoms. The minimum absolute atomic E-state index is 0.322. The molecule has 0 rings (SSSR count). The number of carboxylic acid groups (broad SMARTS) is 1. The van der Waals surface area contributed by atoms with Gasteiger partial charge in [-0.25, -0.2) is 0 Å². The predicted octanol–water partition coefficient (Wildman–Crippen LogP) is 4.98. The lowest BCUT2D eigenvalue weighted by atomic mass is 9.79. The molecule has 0 saturated heterocycles. The summed E-state index contributed by atoms with van der Waals surface area (Å²) in [4.78, 5) is 10.5. The fourth-order valence-corrected chi connectivity index (χ4v) is 2.97. The lowest BCUT2D eigenvalue weighted by Gasteiger charge is -2.27. The van der Waals surface area contributed by atoms with Gasteiger partial charge in [-0.15, -0.1) is 0 Å². The first-order chi connectivity index (χ1) is 8.36. The van der Waals surface area contributed by atoms with Crippen LogP contribution in [0.2, 0.25) is 0 Å². The fraction of sp³-hybridized carbons (Fsp3) is 0.938. The monoisotopic (exact) mass is 256 g/mol. The maximum absolute atomic E-state index is 10.5. The van der Waals surface area contributed by atoms with Crippen LogP contribution in [0.4, 0.5) is 0 Å². The van der Waals surface area contributed by atoms with Crippen molar-refractivity contribution in [1.29, 1.82) is 0 Å². The number of carboxylic acids is 1. The van der Waals surface area contributed by atoms with Gasteiger partial charge in [0, 0.05) is 6.42 Å². The predicted molar refractivity (Wildman–Crippen MR) is 77.7 cm³/mol. The molecule has 0 amide bonds. The van der Waals surface area contributed by atoms with Gasteiger partial charge in [0.25, 0.3) is 0 Å². The Labute approximate surface area is 113 Å². The van der Waals surface area contributed by atoms with Crippen LogP contribution >= 0.6 is 0 Å². The highest BCUT2D eigenvalue weighted by atomic mass is 16.4. The van der Waals surface area contributed by atoms with Gasteiger partial charge in [0.05, 0.1) is 0 Å². The van der Waals surface area contributed by atoms with Crippen LogP contribution in [0.3, 0.4) is 0 Å². The first kappa shape index (κ1) is 17.5. The Balaban J connectivity index is 3.99. The van der Waals surface area contributed by atoms with Gasteiger partial charge in [0.1, 0.15) is 0 Å². The first-order valence-corrected chi connectivity index (χ1v) is 7.58. The van der Waals surface area contributed by atoms with Gasteiger partial charge in [0.15, 0.2) is 0 Å². The number of hydrogen-bond acceptors (Lipinski definition) is 1. The Morgan fingerprint density at radius 1 is 1.11 bits per heavy atom.